The summed E-state index contributed by atoms with van der Waals surface area (Å²) in [5.74, 6) is -1.53. The fourth-order valence-electron chi connectivity index (χ4n) is 2.07. The number of hydrogen-bond acceptors (Lipinski definition) is 3. The molecule has 1 aromatic carbocycles. The highest BCUT2D eigenvalue weighted by Gasteiger charge is 2.35. The second kappa shape index (κ2) is 4.70. The molecule has 0 amide bonds. The monoisotopic (exact) mass is 269 g/mol. The van der Waals surface area contributed by atoms with E-state index in [4.69, 9.17) is 5.11 Å². The highest BCUT2D eigenvalue weighted by atomic mass is 32.2. The van der Waals surface area contributed by atoms with Crippen molar-refractivity contribution in [3.63, 3.8) is 0 Å². The lowest BCUT2D eigenvalue weighted by Crippen LogP contribution is -2.30. The van der Waals surface area contributed by atoms with Crippen LogP contribution in [0.1, 0.15) is 12.0 Å². The molecular weight excluding hydrogens is 254 g/mol. The summed E-state index contributed by atoms with van der Waals surface area (Å²) >= 11 is 0. The largest absolute Gasteiger partial charge is 0.481 e. The van der Waals surface area contributed by atoms with Crippen molar-refractivity contribution in [2.24, 2.45) is 5.92 Å². The maximum Gasteiger partial charge on any atom is 0.307 e. The molecule has 0 saturated carbocycles. The first kappa shape index (κ1) is 13.0. The fourth-order valence-corrected chi connectivity index (χ4v) is 3.68. The Kier molecular flexibility index (Phi) is 3.41. The van der Waals surface area contributed by atoms with E-state index in [1.54, 1.807) is 12.1 Å². The van der Waals surface area contributed by atoms with Crippen LogP contribution in [0, 0.1) is 12.8 Å². The number of aryl methyl sites for hydroxylation is 1. The Morgan fingerprint density at radius 1 is 1.44 bits per heavy atom. The van der Waals surface area contributed by atoms with E-state index in [0.29, 0.717) is 6.42 Å². The van der Waals surface area contributed by atoms with Gasteiger partial charge in [-0.25, -0.2) is 8.42 Å². The predicted molar refractivity (Wildman–Crippen MR) is 65.7 cm³/mol. The van der Waals surface area contributed by atoms with E-state index in [9.17, 15) is 13.2 Å². The number of carboxylic acids is 1. The third-order valence-corrected chi connectivity index (χ3v) is 4.99. The van der Waals surface area contributed by atoms with Gasteiger partial charge in [0.2, 0.25) is 10.0 Å². The summed E-state index contributed by atoms with van der Waals surface area (Å²) in [6, 6.07) is 6.65. The summed E-state index contributed by atoms with van der Waals surface area (Å²) in [5, 5.41) is 8.89. The smallest absolute Gasteiger partial charge is 0.307 e. The highest BCUT2D eigenvalue weighted by molar-refractivity contribution is 7.89. The molecule has 1 N–H and O–H groups in total. The summed E-state index contributed by atoms with van der Waals surface area (Å²) in [4.78, 5) is 11.1. The van der Waals surface area contributed by atoms with Crippen LogP contribution in [0.4, 0.5) is 0 Å². The Hall–Kier alpha value is -1.40. The molecular formula is C12H15NO4S. The Bertz CT molecular complexity index is 567. The third-order valence-electron chi connectivity index (χ3n) is 3.13. The van der Waals surface area contributed by atoms with E-state index in [-0.39, 0.29) is 18.0 Å². The average molecular weight is 269 g/mol. The zero-order valence-electron chi connectivity index (χ0n) is 10.0. The lowest BCUT2D eigenvalue weighted by molar-refractivity contribution is -0.141. The van der Waals surface area contributed by atoms with Gasteiger partial charge in [-0.05, 0) is 31.0 Å². The second-order valence-electron chi connectivity index (χ2n) is 4.50. The molecule has 1 atom stereocenters. The molecule has 0 radical (unpaired) electrons. The molecule has 98 valence electrons. The molecule has 6 heteroatoms. The van der Waals surface area contributed by atoms with Crippen molar-refractivity contribution in [2.75, 3.05) is 13.1 Å². The summed E-state index contributed by atoms with van der Waals surface area (Å²) in [7, 11) is -3.56. The summed E-state index contributed by atoms with van der Waals surface area (Å²) in [5.41, 5.74) is 0.866. The van der Waals surface area contributed by atoms with Gasteiger partial charge in [-0.3, -0.25) is 4.79 Å². The molecule has 1 aliphatic heterocycles. The van der Waals surface area contributed by atoms with E-state index in [1.165, 1.54) is 10.4 Å². The van der Waals surface area contributed by atoms with Crippen LogP contribution in [0.15, 0.2) is 29.2 Å². The molecule has 0 bridgehead atoms. The number of sulfonamides is 1. The van der Waals surface area contributed by atoms with Crippen molar-refractivity contribution in [2.45, 2.75) is 18.2 Å². The van der Waals surface area contributed by atoms with Crippen LogP contribution >= 0.6 is 0 Å². The number of benzene rings is 1. The molecule has 0 spiro atoms. The molecule has 1 aromatic rings. The van der Waals surface area contributed by atoms with E-state index >= 15 is 0 Å². The van der Waals surface area contributed by atoms with Crippen LogP contribution in [0.2, 0.25) is 0 Å². The normalized spacial score (nSPS) is 21.1. The molecule has 0 aromatic heterocycles. The van der Waals surface area contributed by atoms with Crippen molar-refractivity contribution in [1.29, 1.82) is 0 Å². The van der Waals surface area contributed by atoms with E-state index < -0.39 is 21.9 Å². The molecule has 0 aliphatic carbocycles. The van der Waals surface area contributed by atoms with Gasteiger partial charge in [-0.15, -0.1) is 0 Å². The minimum absolute atomic E-state index is 0.0611. The zero-order chi connectivity index (χ0) is 13.3. The number of carbonyl (C=O) groups is 1. The van der Waals surface area contributed by atoms with Gasteiger partial charge in [0.15, 0.2) is 0 Å². The molecule has 1 fully saturated rings. The first-order valence-electron chi connectivity index (χ1n) is 5.71. The Morgan fingerprint density at radius 3 is 2.72 bits per heavy atom. The molecule has 2 rings (SSSR count). The van der Waals surface area contributed by atoms with Crippen LogP contribution in [-0.2, 0) is 14.8 Å². The molecule has 5 nitrogen and oxygen atoms in total. The quantitative estimate of drug-likeness (QED) is 0.891. The van der Waals surface area contributed by atoms with Crippen molar-refractivity contribution in [3.05, 3.63) is 29.8 Å². The van der Waals surface area contributed by atoms with Crippen LogP contribution in [0.5, 0.6) is 0 Å². The lowest BCUT2D eigenvalue weighted by atomic mass is 10.1. The van der Waals surface area contributed by atoms with Gasteiger partial charge < -0.3 is 5.11 Å². The van der Waals surface area contributed by atoms with Crippen LogP contribution in [0.25, 0.3) is 0 Å². The maximum absolute atomic E-state index is 12.3. The van der Waals surface area contributed by atoms with Crippen molar-refractivity contribution < 1.29 is 18.3 Å². The number of hydrogen-bond donors (Lipinski definition) is 1. The van der Waals surface area contributed by atoms with Crippen LogP contribution < -0.4 is 0 Å². The number of carboxylic acid groups (broad SMARTS) is 1. The third kappa shape index (κ3) is 2.39. The van der Waals surface area contributed by atoms with Crippen LogP contribution in [-0.4, -0.2) is 36.9 Å². The van der Waals surface area contributed by atoms with Crippen molar-refractivity contribution in [3.8, 4) is 0 Å². The number of rotatable bonds is 3. The maximum atomic E-state index is 12.3. The minimum Gasteiger partial charge on any atom is -0.481 e. The predicted octanol–water partition coefficient (Wildman–Crippen LogP) is 1.09. The fraction of sp³-hybridized carbons (Fsp3) is 0.417. The van der Waals surface area contributed by atoms with E-state index in [0.717, 1.165) is 5.56 Å². The SMILES string of the molecule is Cc1cccc(S(=O)(=O)N2CC[C@H](C(=O)O)C2)c1. The number of nitrogens with zero attached hydrogens (tertiary/aromatic N) is 1. The van der Waals surface area contributed by atoms with Crippen molar-refractivity contribution >= 4 is 16.0 Å². The first-order chi connectivity index (χ1) is 8.41. The summed E-state index contributed by atoms with van der Waals surface area (Å²) in [6.07, 6.45) is 0.375. The highest BCUT2D eigenvalue weighted by Crippen LogP contribution is 2.24. The molecule has 1 heterocycles. The first-order valence-corrected chi connectivity index (χ1v) is 7.15. The Balaban J connectivity index is 2.25. The van der Waals surface area contributed by atoms with Crippen molar-refractivity contribution in [1.82, 2.24) is 4.31 Å². The topological polar surface area (TPSA) is 74.7 Å². The average Bonchev–Trinajstić information content (AvgIpc) is 2.79. The van der Waals surface area contributed by atoms with Crippen LogP contribution in [0.3, 0.4) is 0 Å². The Morgan fingerprint density at radius 2 is 2.17 bits per heavy atom. The van der Waals surface area contributed by atoms with Gasteiger partial charge in [-0.2, -0.15) is 4.31 Å². The zero-order valence-corrected chi connectivity index (χ0v) is 10.9. The Labute approximate surface area is 106 Å². The standard InChI is InChI=1S/C12H15NO4S/c1-9-3-2-4-11(7-9)18(16,17)13-6-5-10(8-13)12(14)15/h2-4,7,10H,5-6,8H2,1H3,(H,14,15)/t10-/m0/s1. The van der Waals surface area contributed by atoms with Gasteiger partial charge in [0, 0.05) is 13.1 Å². The molecule has 1 aliphatic rings. The van der Waals surface area contributed by atoms with Gasteiger partial charge in [0.05, 0.1) is 10.8 Å². The van der Waals surface area contributed by atoms with Gasteiger partial charge in [-0.1, -0.05) is 12.1 Å². The minimum atomic E-state index is -3.56. The summed E-state index contributed by atoms with van der Waals surface area (Å²) in [6.45, 7) is 2.15. The second-order valence-corrected chi connectivity index (χ2v) is 6.44. The lowest BCUT2D eigenvalue weighted by Gasteiger charge is -2.16. The molecule has 0 unspecified atom stereocenters. The van der Waals surface area contributed by atoms with Gasteiger partial charge in [0.25, 0.3) is 0 Å². The van der Waals surface area contributed by atoms with Gasteiger partial charge in [0.1, 0.15) is 0 Å². The van der Waals surface area contributed by atoms with E-state index in [1.807, 2.05) is 13.0 Å². The van der Waals surface area contributed by atoms with E-state index in [2.05, 4.69) is 0 Å². The molecule has 18 heavy (non-hydrogen) atoms. The van der Waals surface area contributed by atoms with Gasteiger partial charge >= 0.3 is 5.97 Å². The number of aliphatic carboxylic acids is 1. The molecule has 1 saturated heterocycles. The summed E-state index contributed by atoms with van der Waals surface area (Å²) < 4.78 is 25.8.